The molecule has 3 aromatic carbocycles. The number of hydrogen-bond acceptors (Lipinski definition) is 4. The molecule has 0 saturated heterocycles. The van der Waals surface area contributed by atoms with E-state index in [0.29, 0.717) is 6.54 Å². The van der Waals surface area contributed by atoms with E-state index in [0.717, 1.165) is 34.1 Å². The summed E-state index contributed by atoms with van der Waals surface area (Å²) < 4.78 is 0. The predicted octanol–water partition coefficient (Wildman–Crippen LogP) is 6.11. The number of rotatable bonds is 6. The smallest absolute Gasteiger partial charge is 0.191 e. The van der Waals surface area contributed by atoms with Gasteiger partial charge in [0.15, 0.2) is 5.78 Å². The summed E-state index contributed by atoms with van der Waals surface area (Å²) in [5, 5.41) is 3.65. The third kappa shape index (κ3) is 5.22. The van der Waals surface area contributed by atoms with Crippen LogP contribution in [0, 0.1) is 0 Å². The molecule has 1 unspecified atom stereocenters. The van der Waals surface area contributed by atoms with E-state index in [1.54, 1.807) is 11.8 Å². The van der Waals surface area contributed by atoms with Gasteiger partial charge < -0.3 is 10.1 Å². The highest BCUT2D eigenvalue weighted by Crippen LogP contribution is 2.39. The number of nitrogens with one attached hydrogen (secondary N) is 1. The van der Waals surface area contributed by atoms with Crippen LogP contribution in [0.3, 0.4) is 0 Å². The number of hydrogen-bond donors (Lipinski definition) is 1. The maximum Gasteiger partial charge on any atom is 0.191 e. The van der Waals surface area contributed by atoms with Gasteiger partial charge >= 0.3 is 0 Å². The van der Waals surface area contributed by atoms with Gasteiger partial charge in [-0.3, -0.25) is 4.79 Å². The number of aldehydes is 1. The molecular formula is C27H27NO2S. The van der Waals surface area contributed by atoms with Crippen LogP contribution in [0.2, 0.25) is 0 Å². The second-order valence-corrected chi connectivity index (χ2v) is 8.10. The second-order valence-electron chi connectivity index (χ2n) is 7.23. The van der Waals surface area contributed by atoms with Gasteiger partial charge in [0.25, 0.3) is 0 Å². The van der Waals surface area contributed by atoms with Crippen molar-refractivity contribution in [2.45, 2.75) is 31.3 Å². The first-order valence-corrected chi connectivity index (χ1v) is 11.5. The third-order valence-corrected chi connectivity index (χ3v) is 6.02. The van der Waals surface area contributed by atoms with Gasteiger partial charge in [0.2, 0.25) is 0 Å². The van der Waals surface area contributed by atoms with Crippen molar-refractivity contribution in [3.63, 3.8) is 0 Å². The van der Waals surface area contributed by atoms with E-state index in [4.69, 9.17) is 4.79 Å². The van der Waals surface area contributed by atoms with Crippen molar-refractivity contribution in [1.29, 1.82) is 0 Å². The summed E-state index contributed by atoms with van der Waals surface area (Å²) in [6.07, 6.45) is 2.83. The molecule has 3 aromatic rings. The first-order valence-electron chi connectivity index (χ1n) is 10.3. The Bertz CT molecular complexity index is 1090. The summed E-state index contributed by atoms with van der Waals surface area (Å²) in [5.74, 6) is 0.133. The van der Waals surface area contributed by atoms with Crippen LogP contribution >= 0.6 is 11.8 Å². The molecular weight excluding hydrogens is 402 g/mol. The molecule has 0 amide bonds. The maximum atomic E-state index is 13.3. The molecule has 0 spiro atoms. The molecule has 0 heterocycles. The van der Waals surface area contributed by atoms with Gasteiger partial charge in [-0.25, -0.2) is 0 Å². The SMILES string of the molecule is CC=O.CSc1cccc(C(NCc2ccccc2)C2=C(C)c3ccccc3C2=O)c1. The Kier molecular flexibility index (Phi) is 7.99. The number of benzene rings is 3. The van der Waals surface area contributed by atoms with Crippen molar-refractivity contribution in [2.24, 2.45) is 0 Å². The lowest BCUT2D eigenvalue weighted by molar-refractivity contribution is -0.106. The fourth-order valence-corrected chi connectivity index (χ4v) is 4.31. The van der Waals surface area contributed by atoms with Gasteiger partial charge in [0, 0.05) is 22.6 Å². The number of thioether (sulfide) groups is 1. The zero-order valence-electron chi connectivity index (χ0n) is 18.1. The van der Waals surface area contributed by atoms with E-state index in [-0.39, 0.29) is 11.8 Å². The van der Waals surface area contributed by atoms with Crippen molar-refractivity contribution in [3.05, 3.63) is 107 Å². The second kappa shape index (κ2) is 10.9. The third-order valence-electron chi connectivity index (χ3n) is 5.29. The first kappa shape index (κ1) is 22.7. The molecule has 1 atom stereocenters. The highest BCUT2D eigenvalue weighted by atomic mass is 32.2. The first-order chi connectivity index (χ1) is 15.1. The van der Waals surface area contributed by atoms with E-state index in [1.165, 1.54) is 17.4 Å². The van der Waals surface area contributed by atoms with Crippen molar-refractivity contribution >= 4 is 29.4 Å². The van der Waals surface area contributed by atoms with E-state index in [9.17, 15) is 4.79 Å². The molecule has 158 valence electrons. The van der Waals surface area contributed by atoms with Crippen LogP contribution in [-0.4, -0.2) is 18.3 Å². The Morgan fingerprint density at radius 3 is 2.23 bits per heavy atom. The van der Waals surface area contributed by atoms with E-state index >= 15 is 0 Å². The number of ketones is 1. The van der Waals surface area contributed by atoms with Crippen LogP contribution in [0.1, 0.15) is 46.9 Å². The Morgan fingerprint density at radius 1 is 0.935 bits per heavy atom. The largest absolute Gasteiger partial charge is 0.304 e. The van der Waals surface area contributed by atoms with Crippen LogP contribution in [0.15, 0.2) is 89.3 Å². The van der Waals surface area contributed by atoms with Gasteiger partial charge in [0.05, 0.1) is 6.04 Å². The summed E-state index contributed by atoms with van der Waals surface area (Å²) in [5.41, 5.74) is 6.11. The molecule has 0 fully saturated rings. The zero-order valence-corrected chi connectivity index (χ0v) is 18.9. The minimum atomic E-state index is -0.146. The molecule has 1 aliphatic carbocycles. The highest BCUT2D eigenvalue weighted by molar-refractivity contribution is 7.98. The molecule has 4 rings (SSSR count). The minimum absolute atomic E-state index is 0.133. The fourth-order valence-electron chi connectivity index (χ4n) is 3.84. The number of carbonyl (C=O) groups is 2. The monoisotopic (exact) mass is 429 g/mol. The van der Waals surface area contributed by atoms with E-state index < -0.39 is 0 Å². The van der Waals surface area contributed by atoms with Gasteiger partial charge in [-0.2, -0.15) is 0 Å². The normalized spacial score (nSPS) is 13.3. The van der Waals surface area contributed by atoms with Crippen LogP contribution < -0.4 is 5.32 Å². The lowest BCUT2D eigenvalue weighted by Gasteiger charge is -2.22. The molecule has 1 N–H and O–H groups in total. The molecule has 0 aliphatic heterocycles. The van der Waals surface area contributed by atoms with E-state index in [2.05, 4.69) is 54.9 Å². The minimum Gasteiger partial charge on any atom is -0.304 e. The molecule has 4 heteroatoms. The van der Waals surface area contributed by atoms with Gasteiger partial charge in [-0.05, 0) is 54.5 Å². The summed E-state index contributed by atoms with van der Waals surface area (Å²) in [6, 6.07) is 26.6. The van der Waals surface area contributed by atoms with Crippen molar-refractivity contribution in [3.8, 4) is 0 Å². The number of allylic oxidation sites excluding steroid dienone is 1. The Balaban J connectivity index is 0.000000858. The lowest BCUT2D eigenvalue weighted by atomic mass is 9.94. The number of fused-ring (bicyclic) bond motifs is 1. The molecule has 0 bridgehead atoms. The molecule has 3 nitrogen and oxygen atoms in total. The van der Waals surface area contributed by atoms with Crippen LogP contribution in [0.25, 0.3) is 5.57 Å². The summed E-state index contributed by atoms with van der Waals surface area (Å²) >= 11 is 1.72. The lowest BCUT2D eigenvalue weighted by Crippen LogP contribution is -2.25. The molecule has 0 radical (unpaired) electrons. The molecule has 31 heavy (non-hydrogen) atoms. The number of carbonyl (C=O) groups excluding carboxylic acids is 2. The summed E-state index contributed by atoms with van der Waals surface area (Å²) in [7, 11) is 0. The Hall–Kier alpha value is -2.95. The van der Waals surface area contributed by atoms with Gasteiger partial charge in [0.1, 0.15) is 6.29 Å². The summed E-state index contributed by atoms with van der Waals surface area (Å²) in [4.78, 5) is 23.3. The van der Waals surface area contributed by atoms with Crippen LogP contribution in [-0.2, 0) is 11.3 Å². The highest BCUT2D eigenvalue weighted by Gasteiger charge is 2.32. The van der Waals surface area contributed by atoms with Crippen molar-refractivity contribution in [1.82, 2.24) is 5.32 Å². The molecule has 1 aliphatic rings. The Labute approximate surface area is 188 Å². The van der Waals surface area contributed by atoms with Crippen molar-refractivity contribution < 1.29 is 9.59 Å². The topological polar surface area (TPSA) is 46.2 Å². The maximum absolute atomic E-state index is 13.3. The average molecular weight is 430 g/mol. The molecule has 0 saturated carbocycles. The summed E-state index contributed by atoms with van der Waals surface area (Å²) in [6.45, 7) is 4.21. The molecule has 0 aromatic heterocycles. The average Bonchev–Trinajstić information content (AvgIpc) is 3.06. The number of Topliss-reactive ketones (excluding diaryl/α,β-unsaturated/α-hetero) is 1. The zero-order chi connectivity index (χ0) is 22.2. The predicted molar refractivity (Wildman–Crippen MR) is 129 cm³/mol. The van der Waals surface area contributed by atoms with Gasteiger partial charge in [-0.1, -0.05) is 66.7 Å². The van der Waals surface area contributed by atoms with Crippen LogP contribution in [0.4, 0.5) is 0 Å². The Morgan fingerprint density at radius 2 is 1.58 bits per heavy atom. The fraction of sp³-hybridized carbons (Fsp3) is 0.185. The van der Waals surface area contributed by atoms with Crippen molar-refractivity contribution in [2.75, 3.05) is 6.26 Å². The van der Waals surface area contributed by atoms with Crippen LogP contribution in [0.5, 0.6) is 0 Å². The van der Waals surface area contributed by atoms with E-state index in [1.807, 2.05) is 42.5 Å². The van der Waals surface area contributed by atoms with Gasteiger partial charge in [-0.15, -0.1) is 11.8 Å². The standard InChI is InChI=1S/C25H23NOS.C2H4O/c1-17-21-13-6-7-14-22(21)25(27)23(17)24(19-11-8-12-20(15-19)28-2)26-16-18-9-4-3-5-10-18;1-2-3/h3-15,24,26H,16H2,1-2H3;2H,1H3. The quantitative estimate of drug-likeness (QED) is 0.379.